The smallest absolute Gasteiger partial charge is 0.0692 e. The predicted molar refractivity (Wildman–Crippen MR) is 61.0 cm³/mol. The fourth-order valence-electron chi connectivity index (χ4n) is 0.814. The average molecular weight is 175 g/mol. The standard InChI is InChI=1S/C12H17N/c1-6-11(7-2)12(8-3)13-9-10(4)5/h6-9H,1,3H2,2,4-5H3/b11-7+,13-12?. The Morgan fingerprint density at radius 2 is 1.77 bits per heavy atom. The molecule has 0 amide bonds. The van der Waals surface area contributed by atoms with Crippen molar-refractivity contribution in [3.05, 3.63) is 48.7 Å². The summed E-state index contributed by atoms with van der Waals surface area (Å²) in [4.78, 5) is 4.28. The third kappa shape index (κ3) is 4.26. The summed E-state index contributed by atoms with van der Waals surface area (Å²) in [7, 11) is 0. The van der Waals surface area contributed by atoms with E-state index in [0.29, 0.717) is 0 Å². The van der Waals surface area contributed by atoms with Crippen LogP contribution in [-0.4, -0.2) is 5.71 Å². The van der Waals surface area contributed by atoms with Gasteiger partial charge in [-0.05, 0) is 32.4 Å². The van der Waals surface area contributed by atoms with E-state index in [4.69, 9.17) is 0 Å². The van der Waals surface area contributed by atoms with Crippen LogP contribution in [0, 0.1) is 0 Å². The van der Waals surface area contributed by atoms with Crippen LogP contribution in [0.15, 0.2) is 53.7 Å². The van der Waals surface area contributed by atoms with E-state index in [2.05, 4.69) is 18.2 Å². The van der Waals surface area contributed by atoms with Gasteiger partial charge >= 0.3 is 0 Å². The first-order valence-corrected chi connectivity index (χ1v) is 4.28. The molecule has 0 aromatic rings. The molecule has 0 aliphatic carbocycles. The highest BCUT2D eigenvalue weighted by Crippen LogP contribution is 2.02. The number of rotatable bonds is 4. The van der Waals surface area contributed by atoms with Crippen molar-refractivity contribution in [2.75, 3.05) is 0 Å². The molecule has 13 heavy (non-hydrogen) atoms. The molecule has 0 spiro atoms. The summed E-state index contributed by atoms with van der Waals surface area (Å²) in [5, 5.41) is 0. The molecule has 1 nitrogen and oxygen atoms in total. The summed E-state index contributed by atoms with van der Waals surface area (Å²) in [6.45, 7) is 13.4. The van der Waals surface area contributed by atoms with Crippen molar-refractivity contribution in [1.29, 1.82) is 0 Å². The van der Waals surface area contributed by atoms with Crippen molar-refractivity contribution < 1.29 is 0 Å². The van der Waals surface area contributed by atoms with Crippen molar-refractivity contribution in [1.82, 2.24) is 0 Å². The van der Waals surface area contributed by atoms with Gasteiger partial charge in [0.05, 0.1) is 5.71 Å². The van der Waals surface area contributed by atoms with Crippen LogP contribution in [-0.2, 0) is 0 Å². The topological polar surface area (TPSA) is 12.4 Å². The van der Waals surface area contributed by atoms with E-state index in [0.717, 1.165) is 11.3 Å². The van der Waals surface area contributed by atoms with Crippen molar-refractivity contribution in [3.63, 3.8) is 0 Å². The SMILES string of the molecule is C=CC(=NC=C(C)C)/C(C=C)=C/C. The van der Waals surface area contributed by atoms with Gasteiger partial charge in [-0.3, -0.25) is 4.99 Å². The zero-order chi connectivity index (χ0) is 10.3. The van der Waals surface area contributed by atoms with E-state index in [1.165, 1.54) is 5.57 Å². The Morgan fingerprint density at radius 1 is 1.15 bits per heavy atom. The van der Waals surface area contributed by atoms with Crippen molar-refractivity contribution in [2.24, 2.45) is 4.99 Å². The number of hydrogen-bond acceptors (Lipinski definition) is 1. The molecule has 0 aromatic heterocycles. The van der Waals surface area contributed by atoms with Gasteiger partial charge in [0.15, 0.2) is 0 Å². The lowest BCUT2D eigenvalue weighted by Crippen LogP contribution is -1.94. The van der Waals surface area contributed by atoms with Crippen LogP contribution in [0.25, 0.3) is 0 Å². The number of hydrogen-bond donors (Lipinski definition) is 0. The third-order valence-electron chi connectivity index (χ3n) is 1.48. The maximum atomic E-state index is 4.28. The number of aliphatic imine (C=N–C) groups is 1. The van der Waals surface area contributed by atoms with E-state index in [9.17, 15) is 0 Å². The van der Waals surface area contributed by atoms with E-state index in [1.54, 1.807) is 12.2 Å². The lowest BCUT2D eigenvalue weighted by atomic mass is 10.1. The van der Waals surface area contributed by atoms with Gasteiger partial charge in [0.25, 0.3) is 0 Å². The Bertz CT molecular complexity index is 273. The molecule has 0 bridgehead atoms. The van der Waals surface area contributed by atoms with Crippen LogP contribution in [0.1, 0.15) is 20.8 Å². The zero-order valence-electron chi connectivity index (χ0n) is 8.67. The van der Waals surface area contributed by atoms with Crippen LogP contribution in [0.4, 0.5) is 0 Å². The fourth-order valence-corrected chi connectivity index (χ4v) is 0.814. The lowest BCUT2D eigenvalue weighted by Gasteiger charge is -1.98. The lowest BCUT2D eigenvalue weighted by molar-refractivity contribution is 1.33. The fraction of sp³-hybridized carbons (Fsp3) is 0.250. The molecule has 0 aromatic carbocycles. The summed E-state index contributed by atoms with van der Waals surface area (Å²) in [6.07, 6.45) is 7.30. The molecule has 0 aliphatic rings. The third-order valence-corrected chi connectivity index (χ3v) is 1.48. The molecule has 0 unspecified atom stereocenters. The first kappa shape index (κ1) is 11.6. The minimum absolute atomic E-state index is 0.860. The minimum atomic E-state index is 0.860. The van der Waals surface area contributed by atoms with Crippen molar-refractivity contribution in [2.45, 2.75) is 20.8 Å². The van der Waals surface area contributed by atoms with Crippen LogP contribution in [0.2, 0.25) is 0 Å². The minimum Gasteiger partial charge on any atom is -0.256 e. The maximum Gasteiger partial charge on any atom is 0.0692 e. The molecule has 0 radical (unpaired) electrons. The van der Waals surface area contributed by atoms with Gasteiger partial charge in [-0.1, -0.05) is 30.9 Å². The van der Waals surface area contributed by atoms with Gasteiger partial charge in [0.2, 0.25) is 0 Å². The molecule has 70 valence electrons. The molecule has 0 aliphatic heterocycles. The Kier molecular flexibility index (Phi) is 5.53. The normalized spacial score (nSPS) is 12.2. The summed E-state index contributed by atoms with van der Waals surface area (Å²) in [5.41, 5.74) is 3.03. The highest BCUT2D eigenvalue weighted by molar-refractivity contribution is 6.10. The van der Waals surface area contributed by atoms with E-state index in [1.807, 2.05) is 33.0 Å². The summed E-state index contributed by atoms with van der Waals surface area (Å²) < 4.78 is 0. The van der Waals surface area contributed by atoms with E-state index in [-0.39, 0.29) is 0 Å². The first-order valence-electron chi connectivity index (χ1n) is 4.28. The largest absolute Gasteiger partial charge is 0.256 e. The molecule has 0 saturated carbocycles. The average Bonchev–Trinajstić information content (AvgIpc) is 2.11. The molecule has 0 N–H and O–H groups in total. The molecule has 0 fully saturated rings. The summed E-state index contributed by atoms with van der Waals surface area (Å²) in [5.74, 6) is 0. The van der Waals surface area contributed by atoms with Gasteiger partial charge in [-0.2, -0.15) is 0 Å². The predicted octanol–water partition coefficient (Wildman–Crippen LogP) is 3.67. The first-order chi connectivity index (χ1) is 6.15. The van der Waals surface area contributed by atoms with Gasteiger partial charge in [0.1, 0.15) is 0 Å². The highest BCUT2D eigenvalue weighted by Gasteiger charge is 1.95. The van der Waals surface area contributed by atoms with Gasteiger partial charge in [0, 0.05) is 6.20 Å². The second-order valence-electron chi connectivity index (χ2n) is 2.87. The summed E-state index contributed by atoms with van der Waals surface area (Å²) in [6, 6.07) is 0. The van der Waals surface area contributed by atoms with Crippen molar-refractivity contribution >= 4 is 5.71 Å². The van der Waals surface area contributed by atoms with E-state index >= 15 is 0 Å². The Balaban J connectivity index is 4.89. The van der Waals surface area contributed by atoms with Crippen LogP contribution < -0.4 is 0 Å². The second kappa shape index (κ2) is 6.18. The summed E-state index contributed by atoms with van der Waals surface area (Å²) >= 11 is 0. The Hall–Kier alpha value is -1.37. The molecule has 1 heteroatoms. The van der Waals surface area contributed by atoms with Crippen LogP contribution in [0.3, 0.4) is 0 Å². The monoisotopic (exact) mass is 175 g/mol. The molecular weight excluding hydrogens is 158 g/mol. The highest BCUT2D eigenvalue weighted by atomic mass is 14.7. The zero-order valence-corrected chi connectivity index (χ0v) is 8.67. The molecule has 0 atom stereocenters. The number of nitrogens with zero attached hydrogens (tertiary/aromatic N) is 1. The maximum absolute atomic E-state index is 4.28. The molecule has 0 heterocycles. The molecule has 0 saturated heterocycles. The van der Waals surface area contributed by atoms with Crippen LogP contribution >= 0.6 is 0 Å². The van der Waals surface area contributed by atoms with Gasteiger partial charge < -0.3 is 0 Å². The van der Waals surface area contributed by atoms with Gasteiger partial charge in [-0.15, -0.1) is 0 Å². The second-order valence-corrected chi connectivity index (χ2v) is 2.87. The Labute approximate surface area is 80.9 Å². The van der Waals surface area contributed by atoms with E-state index < -0.39 is 0 Å². The molecule has 0 rings (SSSR count). The Morgan fingerprint density at radius 3 is 2.08 bits per heavy atom. The number of allylic oxidation sites excluding steroid dienone is 5. The van der Waals surface area contributed by atoms with Crippen molar-refractivity contribution in [3.8, 4) is 0 Å². The molecular formula is C12H17N. The quantitative estimate of drug-likeness (QED) is 0.456. The van der Waals surface area contributed by atoms with Gasteiger partial charge in [-0.25, -0.2) is 0 Å². The van der Waals surface area contributed by atoms with Crippen LogP contribution in [0.5, 0.6) is 0 Å².